The van der Waals surface area contributed by atoms with Gasteiger partial charge in [0.05, 0.1) is 0 Å². The first-order chi connectivity index (χ1) is 9.15. The normalized spacial score (nSPS) is 15.6. The zero-order valence-corrected chi connectivity index (χ0v) is 11.6. The topological polar surface area (TPSA) is 55.4 Å². The van der Waals surface area contributed by atoms with Gasteiger partial charge in [-0.15, -0.1) is 11.8 Å². The van der Waals surface area contributed by atoms with Gasteiger partial charge in [-0.05, 0) is 31.9 Å². The molecule has 102 valence electrons. The van der Waals surface area contributed by atoms with Crippen molar-refractivity contribution in [2.45, 2.75) is 36.0 Å². The monoisotopic (exact) mass is 279 g/mol. The molecule has 0 spiro atoms. The van der Waals surface area contributed by atoms with E-state index in [-0.39, 0.29) is 23.7 Å². The number of nitrogens with one attached hydrogen (secondary N) is 1. The highest BCUT2D eigenvalue weighted by atomic mass is 32.2. The van der Waals surface area contributed by atoms with E-state index < -0.39 is 0 Å². The molecule has 0 bridgehead atoms. The van der Waals surface area contributed by atoms with Crippen LogP contribution < -0.4 is 5.32 Å². The predicted molar refractivity (Wildman–Crippen MR) is 73.9 cm³/mol. The van der Waals surface area contributed by atoms with E-state index in [2.05, 4.69) is 5.32 Å². The van der Waals surface area contributed by atoms with E-state index in [1.165, 1.54) is 11.8 Å². The summed E-state index contributed by atoms with van der Waals surface area (Å²) in [5.41, 5.74) is 0. The average Bonchev–Trinajstić information content (AvgIpc) is 3.21. The Balaban J connectivity index is 1.71. The molecule has 0 heterocycles. The van der Waals surface area contributed by atoms with Crippen LogP contribution in [0.1, 0.15) is 19.8 Å². The maximum Gasteiger partial charge on any atom is 0.319 e. The van der Waals surface area contributed by atoms with E-state index in [0.29, 0.717) is 6.04 Å². The third kappa shape index (κ3) is 4.95. The first kappa shape index (κ1) is 13.9. The fourth-order valence-electron chi connectivity index (χ4n) is 1.50. The molecule has 0 unspecified atom stereocenters. The molecule has 1 aromatic rings. The van der Waals surface area contributed by atoms with Gasteiger partial charge in [0.25, 0.3) is 5.91 Å². The van der Waals surface area contributed by atoms with Gasteiger partial charge in [0.15, 0.2) is 6.61 Å². The molecule has 1 saturated carbocycles. The van der Waals surface area contributed by atoms with Gasteiger partial charge in [0.2, 0.25) is 0 Å². The summed E-state index contributed by atoms with van der Waals surface area (Å²) in [6.07, 6.45) is 2.06. The second-order valence-electron chi connectivity index (χ2n) is 4.52. The molecule has 0 aromatic heterocycles. The second-order valence-corrected chi connectivity index (χ2v) is 5.94. The molecule has 5 heteroatoms. The lowest BCUT2D eigenvalue weighted by Gasteiger charge is -2.11. The highest BCUT2D eigenvalue weighted by Crippen LogP contribution is 2.23. The third-order valence-corrected chi connectivity index (χ3v) is 3.77. The SMILES string of the molecule is C[C@H](Sc1ccccc1)C(=O)OCC(=O)NC1CC1. The summed E-state index contributed by atoms with van der Waals surface area (Å²) in [6, 6.07) is 9.94. The lowest BCUT2D eigenvalue weighted by molar-refractivity contribution is -0.147. The van der Waals surface area contributed by atoms with Gasteiger partial charge < -0.3 is 10.1 Å². The van der Waals surface area contributed by atoms with Crippen molar-refractivity contribution < 1.29 is 14.3 Å². The number of carbonyl (C=O) groups excluding carboxylic acids is 2. The molecule has 1 aromatic carbocycles. The Hall–Kier alpha value is -1.49. The van der Waals surface area contributed by atoms with Crippen molar-refractivity contribution in [1.29, 1.82) is 0 Å². The smallest absolute Gasteiger partial charge is 0.319 e. The highest BCUT2D eigenvalue weighted by molar-refractivity contribution is 8.00. The molecule has 0 aliphatic heterocycles. The van der Waals surface area contributed by atoms with Crippen molar-refractivity contribution in [3.05, 3.63) is 30.3 Å². The summed E-state index contributed by atoms with van der Waals surface area (Å²) in [5.74, 6) is -0.576. The second kappa shape index (κ2) is 6.61. The molecule has 1 fully saturated rings. The van der Waals surface area contributed by atoms with Crippen LogP contribution in [0.3, 0.4) is 0 Å². The molecule has 1 atom stereocenters. The first-order valence-electron chi connectivity index (χ1n) is 6.33. The number of hydrogen-bond acceptors (Lipinski definition) is 4. The zero-order valence-electron chi connectivity index (χ0n) is 10.8. The fourth-order valence-corrected chi connectivity index (χ4v) is 2.39. The van der Waals surface area contributed by atoms with Gasteiger partial charge >= 0.3 is 5.97 Å². The van der Waals surface area contributed by atoms with Crippen LogP contribution in [0.15, 0.2) is 35.2 Å². The Labute approximate surface area is 116 Å². The van der Waals surface area contributed by atoms with Gasteiger partial charge in [0, 0.05) is 10.9 Å². The van der Waals surface area contributed by atoms with Crippen LogP contribution in [0.2, 0.25) is 0 Å². The number of hydrogen-bond donors (Lipinski definition) is 1. The minimum Gasteiger partial charge on any atom is -0.455 e. The van der Waals surface area contributed by atoms with Gasteiger partial charge in [0.1, 0.15) is 5.25 Å². The van der Waals surface area contributed by atoms with E-state index in [4.69, 9.17) is 4.74 Å². The van der Waals surface area contributed by atoms with Crippen LogP contribution in [0.4, 0.5) is 0 Å². The number of ether oxygens (including phenoxy) is 1. The molecule has 0 saturated heterocycles. The minimum atomic E-state index is -0.361. The summed E-state index contributed by atoms with van der Waals surface area (Å²) < 4.78 is 4.99. The number of benzene rings is 1. The van der Waals surface area contributed by atoms with Crippen LogP contribution in [0, 0.1) is 0 Å². The maximum absolute atomic E-state index is 11.7. The minimum absolute atomic E-state index is 0.185. The molecule has 0 radical (unpaired) electrons. The van der Waals surface area contributed by atoms with Crippen molar-refractivity contribution in [1.82, 2.24) is 5.32 Å². The molecule has 2 rings (SSSR count). The van der Waals surface area contributed by atoms with Crippen LogP contribution in [0.25, 0.3) is 0 Å². The van der Waals surface area contributed by atoms with E-state index >= 15 is 0 Å². The Morgan fingerprint density at radius 1 is 1.37 bits per heavy atom. The highest BCUT2D eigenvalue weighted by Gasteiger charge is 2.24. The zero-order chi connectivity index (χ0) is 13.7. The maximum atomic E-state index is 11.7. The molecule has 1 aliphatic rings. The van der Waals surface area contributed by atoms with Crippen molar-refractivity contribution in [2.24, 2.45) is 0 Å². The lowest BCUT2D eigenvalue weighted by atomic mass is 10.4. The summed E-state index contributed by atoms with van der Waals surface area (Å²) in [7, 11) is 0. The van der Waals surface area contributed by atoms with E-state index in [1.807, 2.05) is 30.3 Å². The van der Waals surface area contributed by atoms with E-state index in [0.717, 1.165) is 17.7 Å². The molecular weight excluding hydrogens is 262 g/mol. The Morgan fingerprint density at radius 2 is 2.05 bits per heavy atom. The van der Waals surface area contributed by atoms with Crippen LogP contribution in [-0.2, 0) is 14.3 Å². The summed E-state index contributed by atoms with van der Waals surface area (Å²) in [5, 5.41) is 2.45. The number of esters is 1. The van der Waals surface area contributed by atoms with Gasteiger partial charge in [-0.25, -0.2) is 0 Å². The standard InChI is InChI=1S/C14H17NO3S/c1-10(19-12-5-3-2-4-6-12)14(17)18-9-13(16)15-11-7-8-11/h2-6,10-11H,7-9H2,1H3,(H,15,16)/t10-/m0/s1. The molecule has 1 N–H and O–H groups in total. The molecule has 19 heavy (non-hydrogen) atoms. The quantitative estimate of drug-likeness (QED) is 0.639. The van der Waals surface area contributed by atoms with Gasteiger partial charge in [-0.2, -0.15) is 0 Å². The van der Waals surface area contributed by atoms with Crippen molar-refractivity contribution in [3.63, 3.8) is 0 Å². The Bertz CT molecular complexity index is 445. The average molecular weight is 279 g/mol. The van der Waals surface area contributed by atoms with Gasteiger partial charge in [-0.3, -0.25) is 9.59 Å². The Kier molecular flexibility index (Phi) is 4.85. The third-order valence-electron chi connectivity index (χ3n) is 2.68. The van der Waals surface area contributed by atoms with Crippen LogP contribution in [-0.4, -0.2) is 29.8 Å². The van der Waals surface area contributed by atoms with E-state index in [9.17, 15) is 9.59 Å². The molecule has 1 amide bonds. The summed E-state index contributed by atoms with van der Waals surface area (Å²) in [6.45, 7) is 1.59. The number of amides is 1. The number of thioether (sulfide) groups is 1. The predicted octanol–water partition coefficient (Wildman–Crippen LogP) is 1.99. The Morgan fingerprint density at radius 3 is 2.68 bits per heavy atom. The number of rotatable bonds is 6. The molecule has 1 aliphatic carbocycles. The van der Waals surface area contributed by atoms with Crippen molar-refractivity contribution >= 4 is 23.6 Å². The summed E-state index contributed by atoms with van der Waals surface area (Å²) in [4.78, 5) is 24.1. The van der Waals surface area contributed by atoms with Gasteiger partial charge in [-0.1, -0.05) is 18.2 Å². The van der Waals surface area contributed by atoms with E-state index in [1.54, 1.807) is 6.92 Å². The van der Waals surface area contributed by atoms with Crippen molar-refractivity contribution in [2.75, 3.05) is 6.61 Å². The molecular formula is C14H17NO3S. The number of carbonyl (C=O) groups is 2. The molecule has 4 nitrogen and oxygen atoms in total. The first-order valence-corrected chi connectivity index (χ1v) is 7.21. The van der Waals surface area contributed by atoms with Crippen molar-refractivity contribution in [3.8, 4) is 0 Å². The lowest BCUT2D eigenvalue weighted by Crippen LogP contribution is -2.31. The van der Waals surface area contributed by atoms with Crippen LogP contribution in [0.5, 0.6) is 0 Å². The van der Waals surface area contributed by atoms with Crippen LogP contribution >= 0.6 is 11.8 Å². The summed E-state index contributed by atoms with van der Waals surface area (Å²) >= 11 is 1.42. The fraction of sp³-hybridized carbons (Fsp3) is 0.429. The largest absolute Gasteiger partial charge is 0.455 e.